The summed E-state index contributed by atoms with van der Waals surface area (Å²) < 4.78 is 1.41. The lowest BCUT2D eigenvalue weighted by Crippen LogP contribution is -2.25. The number of aliphatic carboxylic acids is 1. The smallest absolute Gasteiger partial charge is 0.303 e. The van der Waals surface area contributed by atoms with Crippen LogP contribution in [0.2, 0.25) is 0 Å². The minimum absolute atomic E-state index is 0.0521. The predicted molar refractivity (Wildman–Crippen MR) is 66.2 cm³/mol. The molecule has 1 aliphatic carbocycles. The second kappa shape index (κ2) is 4.49. The van der Waals surface area contributed by atoms with Crippen LogP contribution in [0.25, 0.3) is 5.78 Å². The van der Waals surface area contributed by atoms with Crippen LogP contribution in [0, 0.1) is 0 Å². The van der Waals surface area contributed by atoms with Crippen LogP contribution in [0.4, 0.5) is 0 Å². The van der Waals surface area contributed by atoms with Gasteiger partial charge in [-0.2, -0.15) is 5.10 Å². The van der Waals surface area contributed by atoms with Crippen molar-refractivity contribution in [3.63, 3.8) is 0 Å². The van der Waals surface area contributed by atoms with Gasteiger partial charge >= 0.3 is 5.97 Å². The topological polar surface area (TPSA) is 100 Å². The number of fused-ring (bicyclic) bond motifs is 2. The van der Waals surface area contributed by atoms with Crippen molar-refractivity contribution >= 4 is 11.7 Å². The summed E-state index contributed by atoms with van der Waals surface area (Å²) in [6, 6.07) is 0. The van der Waals surface area contributed by atoms with Crippen molar-refractivity contribution in [2.45, 2.75) is 38.5 Å². The number of aryl methyl sites for hydroxylation is 2. The van der Waals surface area contributed by atoms with Crippen molar-refractivity contribution in [3.8, 4) is 0 Å². The summed E-state index contributed by atoms with van der Waals surface area (Å²) in [5.74, 6) is -0.0653. The first-order chi connectivity index (χ1) is 9.16. The summed E-state index contributed by atoms with van der Waals surface area (Å²) >= 11 is 0. The Kier molecular flexibility index (Phi) is 2.81. The molecule has 7 nitrogen and oxygen atoms in total. The molecule has 2 aromatic heterocycles. The van der Waals surface area contributed by atoms with Gasteiger partial charge in [-0.05, 0) is 25.7 Å². The number of nitrogens with one attached hydrogen (secondary N) is 1. The van der Waals surface area contributed by atoms with Crippen LogP contribution < -0.4 is 5.56 Å². The maximum Gasteiger partial charge on any atom is 0.303 e. The lowest BCUT2D eigenvalue weighted by molar-refractivity contribution is -0.137. The molecule has 0 saturated carbocycles. The fourth-order valence-corrected chi connectivity index (χ4v) is 2.52. The van der Waals surface area contributed by atoms with E-state index in [0.717, 1.165) is 36.9 Å². The van der Waals surface area contributed by atoms with Gasteiger partial charge in [-0.1, -0.05) is 0 Å². The van der Waals surface area contributed by atoms with E-state index in [9.17, 15) is 9.59 Å². The molecular formula is C12H14N4O3. The van der Waals surface area contributed by atoms with E-state index in [4.69, 9.17) is 5.11 Å². The third-order valence-electron chi connectivity index (χ3n) is 3.46. The second-order valence-corrected chi connectivity index (χ2v) is 4.74. The van der Waals surface area contributed by atoms with Gasteiger partial charge in [0, 0.05) is 12.0 Å². The highest BCUT2D eigenvalue weighted by Crippen LogP contribution is 2.16. The van der Waals surface area contributed by atoms with E-state index >= 15 is 0 Å². The molecule has 0 aromatic carbocycles. The highest BCUT2D eigenvalue weighted by Gasteiger charge is 2.19. The number of rotatable bonds is 3. The number of nitrogens with zero attached hydrogens (tertiary/aromatic N) is 3. The van der Waals surface area contributed by atoms with E-state index < -0.39 is 5.97 Å². The predicted octanol–water partition coefficient (Wildman–Crippen LogP) is 0.314. The van der Waals surface area contributed by atoms with Gasteiger partial charge in [-0.25, -0.2) is 14.5 Å². The fraction of sp³-hybridized carbons (Fsp3) is 0.500. The van der Waals surface area contributed by atoms with E-state index in [2.05, 4.69) is 15.2 Å². The first-order valence-electron chi connectivity index (χ1n) is 6.36. The molecule has 0 radical (unpaired) electrons. The van der Waals surface area contributed by atoms with E-state index in [-0.39, 0.29) is 18.4 Å². The fourth-order valence-electron chi connectivity index (χ4n) is 2.52. The van der Waals surface area contributed by atoms with Gasteiger partial charge in [0.05, 0.1) is 12.1 Å². The van der Waals surface area contributed by atoms with E-state index in [0.29, 0.717) is 11.6 Å². The lowest BCUT2D eigenvalue weighted by Gasteiger charge is -2.13. The number of carboxylic acid groups (broad SMARTS) is 1. The zero-order chi connectivity index (χ0) is 13.4. The maximum atomic E-state index is 12.4. The third kappa shape index (κ3) is 2.00. The van der Waals surface area contributed by atoms with Crippen LogP contribution in [0.1, 0.15) is 36.3 Å². The summed E-state index contributed by atoms with van der Waals surface area (Å²) in [5.41, 5.74) is 1.50. The Balaban J connectivity index is 2.11. The molecule has 100 valence electrons. The summed E-state index contributed by atoms with van der Waals surface area (Å²) in [4.78, 5) is 27.4. The maximum absolute atomic E-state index is 12.4. The van der Waals surface area contributed by atoms with Crippen LogP contribution in [-0.2, 0) is 24.1 Å². The summed E-state index contributed by atoms with van der Waals surface area (Å²) in [6.45, 7) is 0. The Hall–Kier alpha value is -2.18. The van der Waals surface area contributed by atoms with Crippen molar-refractivity contribution in [3.05, 3.63) is 27.4 Å². The minimum atomic E-state index is -0.907. The van der Waals surface area contributed by atoms with Crippen LogP contribution >= 0.6 is 0 Å². The quantitative estimate of drug-likeness (QED) is 0.829. The molecule has 0 atom stereocenters. The van der Waals surface area contributed by atoms with Crippen molar-refractivity contribution in [2.24, 2.45) is 0 Å². The van der Waals surface area contributed by atoms with Gasteiger partial charge in [0.25, 0.3) is 5.56 Å². The number of H-pyrrole nitrogens is 1. The van der Waals surface area contributed by atoms with E-state index in [1.165, 1.54) is 4.40 Å². The van der Waals surface area contributed by atoms with Gasteiger partial charge in [0.1, 0.15) is 5.82 Å². The van der Waals surface area contributed by atoms with Crippen molar-refractivity contribution in [1.29, 1.82) is 0 Å². The van der Waals surface area contributed by atoms with Gasteiger partial charge in [-0.15, -0.1) is 0 Å². The molecule has 0 fully saturated rings. The molecule has 0 aliphatic heterocycles. The van der Waals surface area contributed by atoms with E-state index in [1.807, 2.05) is 0 Å². The van der Waals surface area contributed by atoms with Crippen LogP contribution in [0.5, 0.6) is 0 Å². The molecule has 7 heteroatoms. The SMILES string of the molecule is O=C(O)CCc1n[nH]c2nc3c(c(=O)n12)CCCC3. The Morgan fingerprint density at radius 2 is 2.16 bits per heavy atom. The van der Waals surface area contributed by atoms with Crippen LogP contribution in [0.15, 0.2) is 4.79 Å². The second-order valence-electron chi connectivity index (χ2n) is 4.74. The molecule has 0 amide bonds. The normalized spacial score (nSPS) is 14.5. The van der Waals surface area contributed by atoms with E-state index in [1.54, 1.807) is 0 Å². The number of aromatic nitrogens is 4. The molecule has 2 N–H and O–H groups in total. The molecule has 3 rings (SSSR count). The Labute approximate surface area is 108 Å². The summed E-state index contributed by atoms with van der Waals surface area (Å²) in [5, 5.41) is 15.4. The minimum Gasteiger partial charge on any atom is -0.481 e. The van der Waals surface area contributed by atoms with Gasteiger partial charge in [-0.3, -0.25) is 9.59 Å². The Morgan fingerprint density at radius 3 is 2.95 bits per heavy atom. The molecule has 2 aromatic rings. The Bertz CT molecular complexity index is 701. The lowest BCUT2D eigenvalue weighted by atomic mass is 9.97. The van der Waals surface area contributed by atoms with Crippen LogP contribution in [-0.4, -0.2) is 30.7 Å². The first-order valence-corrected chi connectivity index (χ1v) is 6.36. The molecular weight excluding hydrogens is 248 g/mol. The zero-order valence-corrected chi connectivity index (χ0v) is 10.3. The van der Waals surface area contributed by atoms with Crippen molar-refractivity contribution in [2.75, 3.05) is 0 Å². The molecule has 19 heavy (non-hydrogen) atoms. The summed E-state index contributed by atoms with van der Waals surface area (Å²) in [7, 11) is 0. The number of hydrogen-bond acceptors (Lipinski definition) is 4. The molecule has 0 unspecified atom stereocenters. The number of carboxylic acids is 1. The van der Waals surface area contributed by atoms with Gasteiger partial charge < -0.3 is 5.11 Å². The van der Waals surface area contributed by atoms with Crippen LogP contribution in [0.3, 0.4) is 0 Å². The molecule has 1 aliphatic rings. The molecule has 0 spiro atoms. The zero-order valence-electron chi connectivity index (χ0n) is 10.3. The first kappa shape index (κ1) is 11.9. The monoisotopic (exact) mass is 262 g/mol. The number of carbonyl (C=O) groups is 1. The number of hydrogen-bond donors (Lipinski definition) is 2. The molecule has 2 heterocycles. The van der Waals surface area contributed by atoms with Crippen molar-refractivity contribution < 1.29 is 9.90 Å². The molecule has 0 bridgehead atoms. The van der Waals surface area contributed by atoms with Gasteiger partial charge in [0.15, 0.2) is 0 Å². The van der Waals surface area contributed by atoms with Gasteiger partial charge in [0.2, 0.25) is 5.78 Å². The third-order valence-corrected chi connectivity index (χ3v) is 3.46. The standard InChI is InChI=1S/C12H14N4O3/c17-10(18)6-5-9-14-15-12-13-8-4-2-1-3-7(8)11(19)16(9)12/h1-6H2,(H,13,15)(H,17,18). The highest BCUT2D eigenvalue weighted by molar-refractivity contribution is 5.66. The summed E-state index contributed by atoms with van der Waals surface area (Å²) in [6.07, 6.45) is 3.78. The average molecular weight is 262 g/mol. The Morgan fingerprint density at radius 1 is 1.37 bits per heavy atom. The van der Waals surface area contributed by atoms with Crippen molar-refractivity contribution in [1.82, 2.24) is 19.6 Å². The number of aromatic amines is 1. The largest absolute Gasteiger partial charge is 0.481 e. The average Bonchev–Trinajstić information content (AvgIpc) is 2.80. The molecule has 0 saturated heterocycles. The highest BCUT2D eigenvalue weighted by atomic mass is 16.4.